The second-order valence-corrected chi connectivity index (χ2v) is 7.53. The number of thiazole rings is 1. The molecule has 1 amide bonds. The zero-order valence-corrected chi connectivity index (χ0v) is 14.6. The van der Waals surface area contributed by atoms with Gasteiger partial charge in [0.1, 0.15) is 5.60 Å². The van der Waals surface area contributed by atoms with Crippen LogP contribution in [0.5, 0.6) is 0 Å². The highest BCUT2D eigenvalue weighted by Gasteiger charge is 2.19. The van der Waals surface area contributed by atoms with Gasteiger partial charge in [-0.1, -0.05) is 13.8 Å². The summed E-state index contributed by atoms with van der Waals surface area (Å²) >= 11 is 1.65. The van der Waals surface area contributed by atoms with Gasteiger partial charge in [-0.05, 0) is 33.6 Å². The van der Waals surface area contributed by atoms with Crippen LogP contribution in [0.3, 0.4) is 0 Å². The number of aryl methyl sites for hydroxylation is 1. The Labute approximate surface area is 131 Å². The van der Waals surface area contributed by atoms with Gasteiger partial charge >= 0.3 is 6.09 Å². The van der Waals surface area contributed by atoms with Gasteiger partial charge < -0.3 is 15.4 Å². The van der Waals surface area contributed by atoms with E-state index in [2.05, 4.69) is 34.8 Å². The Balaban J connectivity index is 2.41. The third-order valence-corrected chi connectivity index (χ3v) is 3.70. The SMILES string of the molecule is Cc1nc(CNC(CNC(=O)OC(C)(C)C)C(C)C)cs1. The first kappa shape index (κ1) is 17.9. The summed E-state index contributed by atoms with van der Waals surface area (Å²) in [5, 5.41) is 9.39. The molecule has 0 saturated carbocycles. The maximum Gasteiger partial charge on any atom is 0.407 e. The van der Waals surface area contributed by atoms with Crippen molar-refractivity contribution < 1.29 is 9.53 Å². The fraction of sp³-hybridized carbons (Fsp3) is 0.733. The van der Waals surface area contributed by atoms with Crippen LogP contribution >= 0.6 is 11.3 Å². The molecule has 0 spiro atoms. The number of nitrogens with one attached hydrogen (secondary N) is 2. The standard InChI is InChI=1S/C15H27N3O2S/c1-10(2)13(8-17-14(19)20-15(4,5)6)16-7-12-9-21-11(3)18-12/h9-10,13,16H,7-8H2,1-6H3,(H,17,19). The van der Waals surface area contributed by atoms with Crippen LogP contribution in [0.25, 0.3) is 0 Å². The fourth-order valence-electron chi connectivity index (χ4n) is 1.78. The lowest BCUT2D eigenvalue weighted by atomic mass is 10.0. The number of rotatable bonds is 6. The van der Waals surface area contributed by atoms with Crippen LogP contribution in [0.1, 0.15) is 45.3 Å². The van der Waals surface area contributed by atoms with Crippen LogP contribution in [0.15, 0.2) is 5.38 Å². The molecule has 2 N–H and O–H groups in total. The smallest absolute Gasteiger partial charge is 0.407 e. The van der Waals surface area contributed by atoms with Gasteiger partial charge in [-0.2, -0.15) is 0 Å². The van der Waals surface area contributed by atoms with Crippen molar-refractivity contribution in [2.45, 2.75) is 59.7 Å². The van der Waals surface area contributed by atoms with Crippen molar-refractivity contribution in [2.24, 2.45) is 5.92 Å². The Kier molecular flexibility index (Phi) is 6.61. The van der Waals surface area contributed by atoms with Crippen LogP contribution in [-0.4, -0.2) is 29.3 Å². The first-order valence-corrected chi connectivity index (χ1v) is 8.16. The van der Waals surface area contributed by atoms with Crippen molar-refractivity contribution in [3.63, 3.8) is 0 Å². The van der Waals surface area contributed by atoms with E-state index in [1.54, 1.807) is 11.3 Å². The van der Waals surface area contributed by atoms with E-state index in [-0.39, 0.29) is 12.1 Å². The maximum absolute atomic E-state index is 11.7. The molecule has 5 nitrogen and oxygen atoms in total. The quantitative estimate of drug-likeness (QED) is 0.847. The molecule has 120 valence electrons. The van der Waals surface area contributed by atoms with Crippen LogP contribution < -0.4 is 10.6 Å². The Hall–Kier alpha value is -1.14. The Morgan fingerprint density at radius 3 is 2.57 bits per heavy atom. The largest absolute Gasteiger partial charge is 0.444 e. The van der Waals surface area contributed by atoms with E-state index in [1.807, 2.05) is 27.7 Å². The van der Waals surface area contributed by atoms with Gasteiger partial charge in [-0.3, -0.25) is 0 Å². The zero-order chi connectivity index (χ0) is 16.0. The van der Waals surface area contributed by atoms with Crippen molar-refractivity contribution in [3.8, 4) is 0 Å². The Bertz CT molecular complexity index is 452. The van der Waals surface area contributed by atoms with E-state index in [4.69, 9.17) is 4.74 Å². The summed E-state index contributed by atoms with van der Waals surface area (Å²) in [7, 11) is 0. The van der Waals surface area contributed by atoms with E-state index in [0.717, 1.165) is 10.7 Å². The first-order valence-electron chi connectivity index (χ1n) is 7.28. The van der Waals surface area contributed by atoms with Gasteiger partial charge in [-0.25, -0.2) is 9.78 Å². The highest BCUT2D eigenvalue weighted by Crippen LogP contribution is 2.10. The van der Waals surface area contributed by atoms with Crippen molar-refractivity contribution in [1.82, 2.24) is 15.6 Å². The number of nitrogens with zero attached hydrogens (tertiary/aromatic N) is 1. The monoisotopic (exact) mass is 313 g/mol. The number of amides is 1. The maximum atomic E-state index is 11.7. The van der Waals surface area contributed by atoms with Gasteiger partial charge in [0, 0.05) is 24.5 Å². The molecule has 1 unspecified atom stereocenters. The summed E-state index contributed by atoms with van der Waals surface area (Å²) in [5.74, 6) is 0.402. The predicted molar refractivity (Wildman–Crippen MR) is 86.6 cm³/mol. The van der Waals surface area contributed by atoms with Gasteiger partial charge in [0.05, 0.1) is 10.7 Å². The van der Waals surface area contributed by atoms with Crippen molar-refractivity contribution in [3.05, 3.63) is 16.1 Å². The number of carbonyl (C=O) groups is 1. The summed E-state index contributed by atoms with van der Waals surface area (Å²) in [6.45, 7) is 13.1. The summed E-state index contributed by atoms with van der Waals surface area (Å²) in [6, 6.07) is 0.180. The highest BCUT2D eigenvalue weighted by atomic mass is 32.1. The molecular weight excluding hydrogens is 286 g/mol. The number of hydrogen-bond donors (Lipinski definition) is 2. The molecule has 1 aromatic heterocycles. The minimum absolute atomic E-state index is 0.180. The third kappa shape index (κ3) is 7.43. The number of aromatic nitrogens is 1. The average Bonchev–Trinajstić information content (AvgIpc) is 2.72. The second-order valence-electron chi connectivity index (χ2n) is 6.47. The van der Waals surface area contributed by atoms with Crippen LogP contribution in [0.2, 0.25) is 0 Å². The molecule has 0 saturated heterocycles. The van der Waals surface area contributed by atoms with Crippen LogP contribution in [0.4, 0.5) is 4.79 Å². The van der Waals surface area contributed by atoms with Gasteiger partial charge in [0.2, 0.25) is 0 Å². The lowest BCUT2D eigenvalue weighted by Crippen LogP contribution is -2.45. The number of hydrogen-bond acceptors (Lipinski definition) is 5. The summed E-state index contributed by atoms with van der Waals surface area (Å²) in [6.07, 6.45) is -0.376. The molecule has 0 radical (unpaired) electrons. The minimum Gasteiger partial charge on any atom is -0.444 e. The summed E-state index contributed by atoms with van der Waals surface area (Å²) in [4.78, 5) is 16.1. The number of carbonyl (C=O) groups excluding carboxylic acids is 1. The topological polar surface area (TPSA) is 63.2 Å². The molecule has 6 heteroatoms. The van der Waals surface area contributed by atoms with Crippen LogP contribution in [-0.2, 0) is 11.3 Å². The van der Waals surface area contributed by atoms with Gasteiger partial charge in [0.15, 0.2) is 0 Å². The average molecular weight is 313 g/mol. The molecule has 0 aromatic carbocycles. The van der Waals surface area contributed by atoms with E-state index < -0.39 is 5.60 Å². The number of ether oxygens (including phenoxy) is 1. The van der Waals surface area contributed by atoms with Crippen molar-refractivity contribution in [2.75, 3.05) is 6.54 Å². The van der Waals surface area contributed by atoms with Gasteiger partial charge in [0.25, 0.3) is 0 Å². The van der Waals surface area contributed by atoms with E-state index in [1.165, 1.54) is 0 Å². The molecule has 1 aromatic rings. The molecule has 1 heterocycles. The van der Waals surface area contributed by atoms with Crippen LogP contribution in [0, 0.1) is 12.8 Å². The molecular formula is C15H27N3O2S. The summed E-state index contributed by atoms with van der Waals surface area (Å²) < 4.78 is 5.25. The Morgan fingerprint density at radius 1 is 1.43 bits per heavy atom. The van der Waals surface area contributed by atoms with E-state index >= 15 is 0 Å². The van der Waals surface area contributed by atoms with Crippen molar-refractivity contribution >= 4 is 17.4 Å². The highest BCUT2D eigenvalue weighted by molar-refractivity contribution is 7.09. The molecule has 0 bridgehead atoms. The molecule has 0 fully saturated rings. The zero-order valence-electron chi connectivity index (χ0n) is 13.8. The van der Waals surface area contributed by atoms with E-state index in [9.17, 15) is 4.79 Å². The van der Waals surface area contributed by atoms with E-state index in [0.29, 0.717) is 19.0 Å². The normalized spacial score (nSPS) is 13.3. The molecule has 1 rings (SSSR count). The molecule has 0 aliphatic carbocycles. The third-order valence-electron chi connectivity index (χ3n) is 2.88. The molecule has 21 heavy (non-hydrogen) atoms. The second kappa shape index (κ2) is 7.75. The fourth-order valence-corrected chi connectivity index (χ4v) is 2.39. The van der Waals surface area contributed by atoms with Crippen molar-refractivity contribution in [1.29, 1.82) is 0 Å². The first-order chi connectivity index (χ1) is 9.67. The summed E-state index contributed by atoms with van der Waals surface area (Å²) in [5.41, 5.74) is 0.573. The van der Waals surface area contributed by atoms with Gasteiger partial charge in [-0.15, -0.1) is 11.3 Å². The molecule has 0 aliphatic heterocycles. The molecule has 0 aliphatic rings. The minimum atomic E-state index is -0.469. The Morgan fingerprint density at radius 2 is 2.10 bits per heavy atom. The number of alkyl carbamates (subject to hydrolysis) is 1. The molecule has 1 atom stereocenters. The lowest BCUT2D eigenvalue weighted by Gasteiger charge is -2.24. The predicted octanol–water partition coefficient (Wildman–Crippen LogP) is 3.09. The lowest BCUT2D eigenvalue weighted by molar-refractivity contribution is 0.0519.